The molecule has 1 aromatic rings. The molecule has 0 fully saturated rings. The number of nitrogens with two attached hydrogens (primary N) is 1. The molecule has 0 aliphatic heterocycles. The Kier molecular flexibility index (Phi) is 5.92. The van der Waals surface area contributed by atoms with Crippen LogP contribution in [0.25, 0.3) is 0 Å². The Balaban J connectivity index is 2.60. The zero-order chi connectivity index (χ0) is 15.3. The van der Waals surface area contributed by atoms with Crippen LogP contribution in [0.15, 0.2) is 12.1 Å². The molecule has 0 bridgehead atoms. The Morgan fingerprint density at radius 2 is 1.80 bits per heavy atom. The van der Waals surface area contributed by atoms with Crippen molar-refractivity contribution in [3.63, 3.8) is 0 Å². The van der Waals surface area contributed by atoms with Crippen LogP contribution in [-0.2, 0) is 0 Å². The Hall–Kier alpha value is -1.65. The summed E-state index contributed by atoms with van der Waals surface area (Å²) in [5, 5.41) is 2.75. The van der Waals surface area contributed by atoms with Gasteiger partial charge in [0.05, 0.1) is 5.56 Å². The molecular formula is C15H22F2N2O. The molecule has 0 aliphatic rings. The van der Waals surface area contributed by atoms with Crippen LogP contribution in [0.1, 0.15) is 50.4 Å². The Morgan fingerprint density at radius 1 is 1.20 bits per heavy atom. The molecule has 1 rings (SSSR count). The summed E-state index contributed by atoms with van der Waals surface area (Å²) >= 11 is 0. The smallest absolute Gasteiger partial charge is 0.253 e. The molecule has 3 nitrogen and oxygen atoms in total. The van der Waals surface area contributed by atoms with Gasteiger partial charge in [-0.25, -0.2) is 8.78 Å². The van der Waals surface area contributed by atoms with Crippen molar-refractivity contribution in [2.75, 3.05) is 5.73 Å². The van der Waals surface area contributed by atoms with Gasteiger partial charge in [-0.2, -0.15) is 0 Å². The van der Waals surface area contributed by atoms with Gasteiger partial charge in [-0.15, -0.1) is 0 Å². The molecule has 5 heteroatoms. The van der Waals surface area contributed by atoms with Crippen LogP contribution in [0.5, 0.6) is 0 Å². The Labute approximate surface area is 118 Å². The predicted octanol–water partition coefficient (Wildman–Crippen LogP) is 3.49. The number of anilines is 1. The SMILES string of the molecule is CC(C)CCCC(C)NC(=O)c1cc(F)c(F)cc1N. The first-order chi connectivity index (χ1) is 9.31. The first-order valence-corrected chi connectivity index (χ1v) is 6.86. The molecule has 0 aliphatic carbocycles. The van der Waals surface area contributed by atoms with Crippen LogP contribution in [-0.4, -0.2) is 11.9 Å². The molecule has 112 valence electrons. The van der Waals surface area contributed by atoms with Crippen LogP contribution in [0.2, 0.25) is 0 Å². The largest absolute Gasteiger partial charge is 0.398 e. The lowest BCUT2D eigenvalue weighted by atomic mass is 10.0. The number of halogens is 2. The average molecular weight is 284 g/mol. The second kappa shape index (κ2) is 7.22. The number of nitrogens with one attached hydrogen (secondary N) is 1. The maximum Gasteiger partial charge on any atom is 0.253 e. The Bertz CT molecular complexity index is 475. The van der Waals surface area contributed by atoms with E-state index in [0.717, 1.165) is 31.4 Å². The van der Waals surface area contributed by atoms with Crippen molar-refractivity contribution in [2.45, 2.75) is 46.1 Å². The lowest BCUT2D eigenvalue weighted by Gasteiger charge is -2.15. The lowest BCUT2D eigenvalue weighted by molar-refractivity contribution is 0.0938. The highest BCUT2D eigenvalue weighted by Crippen LogP contribution is 2.17. The molecule has 1 amide bonds. The minimum absolute atomic E-state index is 0.0281. The molecule has 0 spiro atoms. The van der Waals surface area contributed by atoms with Gasteiger partial charge in [0.2, 0.25) is 0 Å². The van der Waals surface area contributed by atoms with Crippen molar-refractivity contribution in [3.05, 3.63) is 29.3 Å². The van der Waals surface area contributed by atoms with Gasteiger partial charge in [0, 0.05) is 17.8 Å². The number of hydrogen-bond acceptors (Lipinski definition) is 2. The number of carbonyl (C=O) groups excluding carboxylic acids is 1. The van der Waals surface area contributed by atoms with Crippen LogP contribution in [0.4, 0.5) is 14.5 Å². The minimum atomic E-state index is -1.07. The summed E-state index contributed by atoms with van der Waals surface area (Å²) in [5.41, 5.74) is 5.45. The predicted molar refractivity (Wildman–Crippen MR) is 76.4 cm³/mol. The van der Waals surface area contributed by atoms with Crippen molar-refractivity contribution >= 4 is 11.6 Å². The highest BCUT2D eigenvalue weighted by atomic mass is 19.2. The number of amides is 1. The molecule has 3 N–H and O–H groups in total. The molecule has 20 heavy (non-hydrogen) atoms. The fourth-order valence-electron chi connectivity index (χ4n) is 1.96. The number of hydrogen-bond donors (Lipinski definition) is 2. The minimum Gasteiger partial charge on any atom is -0.398 e. The van der Waals surface area contributed by atoms with Crippen LogP contribution >= 0.6 is 0 Å². The molecule has 0 aromatic heterocycles. The first kappa shape index (κ1) is 16.4. The lowest BCUT2D eigenvalue weighted by Crippen LogP contribution is -2.33. The van der Waals surface area contributed by atoms with Gasteiger partial charge in [0.15, 0.2) is 11.6 Å². The molecule has 1 atom stereocenters. The summed E-state index contributed by atoms with van der Waals surface area (Å²) in [4.78, 5) is 12.0. The summed E-state index contributed by atoms with van der Waals surface area (Å²) in [7, 11) is 0. The number of carbonyl (C=O) groups is 1. The second-order valence-corrected chi connectivity index (χ2v) is 5.55. The van der Waals surface area contributed by atoms with Crippen LogP contribution < -0.4 is 11.1 Å². The van der Waals surface area contributed by atoms with Crippen molar-refractivity contribution in [1.29, 1.82) is 0 Å². The fraction of sp³-hybridized carbons (Fsp3) is 0.533. The summed E-state index contributed by atoms with van der Waals surface area (Å²) in [5.74, 6) is -1.97. The zero-order valence-corrected chi connectivity index (χ0v) is 12.2. The molecular weight excluding hydrogens is 262 g/mol. The summed E-state index contributed by atoms with van der Waals surface area (Å²) < 4.78 is 26.1. The van der Waals surface area contributed by atoms with Gasteiger partial charge < -0.3 is 11.1 Å². The highest BCUT2D eigenvalue weighted by molar-refractivity contribution is 5.99. The number of rotatable bonds is 6. The van der Waals surface area contributed by atoms with E-state index in [0.29, 0.717) is 5.92 Å². The topological polar surface area (TPSA) is 55.1 Å². The second-order valence-electron chi connectivity index (χ2n) is 5.55. The Morgan fingerprint density at radius 3 is 2.40 bits per heavy atom. The average Bonchev–Trinajstić information content (AvgIpc) is 2.33. The highest BCUT2D eigenvalue weighted by Gasteiger charge is 2.16. The molecule has 1 aromatic carbocycles. The summed E-state index contributed by atoms with van der Waals surface area (Å²) in [6.07, 6.45) is 2.94. The quantitative estimate of drug-likeness (QED) is 0.786. The van der Waals surface area contributed by atoms with E-state index >= 15 is 0 Å². The third-order valence-corrected chi connectivity index (χ3v) is 3.13. The molecule has 0 saturated heterocycles. The zero-order valence-electron chi connectivity index (χ0n) is 12.2. The monoisotopic (exact) mass is 284 g/mol. The maximum absolute atomic E-state index is 13.1. The van der Waals surface area contributed by atoms with E-state index in [1.165, 1.54) is 0 Å². The molecule has 0 radical (unpaired) electrons. The third kappa shape index (κ3) is 4.79. The van der Waals surface area contributed by atoms with E-state index in [4.69, 9.17) is 5.73 Å². The normalized spacial score (nSPS) is 12.5. The van der Waals surface area contributed by atoms with Gasteiger partial charge in [0.25, 0.3) is 5.91 Å². The van der Waals surface area contributed by atoms with E-state index in [-0.39, 0.29) is 17.3 Å². The van der Waals surface area contributed by atoms with E-state index in [2.05, 4.69) is 19.2 Å². The summed E-state index contributed by atoms with van der Waals surface area (Å²) in [6, 6.07) is 1.63. The number of nitrogen functional groups attached to an aromatic ring is 1. The first-order valence-electron chi connectivity index (χ1n) is 6.86. The molecule has 1 unspecified atom stereocenters. The summed E-state index contributed by atoms with van der Waals surface area (Å²) in [6.45, 7) is 6.17. The van der Waals surface area contributed by atoms with Gasteiger partial charge in [-0.1, -0.05) is 26.7 Å². The van der Waals surface area contributed by atoms with Crippen LogP contribution in [0.3, 0.4) is 0 Å². The standard InChI is InChI=1S/C15H22F2N2O/c1-9(2)5-4-6-10(3)19-15(20)11-7-12(16)13(17)8-14(11)18/h7-10H,4-6,18H2,1-3H3,(H,19,20). The van der Waals surface area contributed by atoms with E-state index in [1.807, 2.05) is 6.92 Å². The van der Waals surface area contributed by atoms with Crippen molar-refractivity contribution in [3.8, 4) is 0 Å². The van der Waals surface area contributed by atoms with E-state index in [9.17, 15) is 13.6 Å². The van der Waals surface area contributed by atoms with Gasteiger partial charge in [-0.05, 0) is 25.3 Å². The number of benzene rings is 1. The molecule has 0 heterocycles. The van der Waals surface area contributed by atoms with Gasteiger partial charge in [0.1, 0.15) is 0 Å². The van der Waals surface area contributed by atoms with Crippen molar-refractivity contribution in [2.24, 2.45) is 5.92 Å². The van der Waals surface area contributed by atoms with Crippen LogP contribution in [0, 0.1) is 17.6 Å². The van der Waals surface area contributed by atoms with Gasteiger partial charge >= 0.3 is 0 Å². The van der Waals surface area contributed by atoms with E-state index < -0.39 is 17.5 Å². The van der Waals surface area contributed by atoms with Crippen molar-refractivity contribution in [1.82, 2.24) is 5.32 Å². The maximum atomic E-state index is 13.1. The van der Waals surface area contributed by atoms with E-state index in [1.54, 1.807) is 0 Å². The fourth-order valence-corrected chi connectivity index (χ4v) is 1.96. The molecule has 0 saturated carbocycles. The van der Waals surface area contributed by atoms with Gasteiger partial charge in [-0.3, -0.25) is 4.79 Å². The van der Waals surface area contributed by atoms with Crippen molar-refractivity contribution < 1.29 is 13.6 Å². The third-order valence-electron chi connectivity index (χ3n) is 3.13.